The summed E-state index contributed by atoms with van der Waals surface area (Å²) in [5.74, 6) is -0.531. The van der Waals surface area contributed by atoms with Crippen LogP contribution in [0.1, 0.15) is 31.8 Å². The van der Waals surface area contributed by atoms with Crippen molar-refractivity contribution in [3.8, 4) is 11.5 Å². The van der Waals surface area contributed by atoms with Gasteiger partial charge in [-0.2, -0.15) is 0 Å². The molecule has 0 aromatic heterocycles. The van der Waals surface area contributed by atoms with Crippen LogP contribution in [0.4, 0.5) is 0 Å². The average molecular weight is 407 g/mol. The Hall–Kier alpha value is -2.91. The zero-order valence-corrected chi connectivity index (χ0v) is 16.8. The lowest BCUT2D eigenvalue weighted by atomic mass is 10.1. The molecule has 2 N–H and O–H groups in total. The van der Waals surface area contributed by atoms with E-state index in [-0.39, 0.29) is 21.8 Å². The maximum atomic E-state index is 12.4. The number of benzene rings is 2. The number of primary sulfonamides is 1. The molecule has 0 atom stereocenters. The first-order chi connectivity index (χ1) is 13.1. The number of Topliss-reactive ketones (excluding diaryl/α,β-unsaturated/α-hetero) is 1. The Balaban J connectivity index is 2.21. The van der Waals surface area contributed by atoms with Crippen molar-refractivity contribution < 1.29 is 32.2 Å². The highest BCUT2D eigenvalue weighted by molar-refractivity contribution is 7.89. The van der Waals surface area contributed by atoms with Gasteiger partial charge in [-0.3, -0.25) is 4.79 Å². The van der Waals surface area contributed by atoms with Gasteiger partial charge in [-0.25, -0.2) is 18.4 Å². The molecule has 0 aliphatic heterocycles. The molecule has 0 amide bonds. The number of sulfonamides is 1. The van der Waals surface area contributed by atoms with Crippen molar-refractivity contribution in [1.82, 2.24) is 0 Å². The molecule has 0 aliphatic rings. The third kappa shape index (κ3) is 4.68. The molecule has 0 heterocycles. The van der Waals surface area contributed by atoms with E-state index in [0.29, 0.717) is 16.9 Å². The number of aryl methyl sites for hydroxylation is 1. The van der Waals surface area contributed by atoms with Gasteiger partial charge in [0, 0.05) is 6.07 Å². The number of nitrogens with two attached hydrogens (primary N) is 1. The highest BCUT2D eigenvalue weighted by Gasteiger charge is 2.20. The second kappa shape index (κ2) is 8.41. The van der Waals surface area contributed by atoms with E-state index in [4.69, 9.17) is 19.3 Å². The fourth-order valence-corrected chi connectivity index (χ4v) is 3.44. The first kappa shape index (κ1) is 21.4. The molecule has 0 aliphatic carbocycles. The van der Waals surface area contributed by atoms with E-state index in [0.717, 1.165) is 6.07 Å². The molecule has 0 spiro atoms. The van der Waals surface area contributed by atoms with Crippen molar-refractivity contribution in [2.75, 3.05) is 20.8 Å². The van der Waals surface area contributed by atoms with E-state index in [2.05, 4.69) is 0 Å². The van der Waals surface area contributed by atoms with Crippen molar-refractivity contribution in [3.05, 3.63) is 52.6 Å². The van der Waals surface area contributed by atoms with Crippen molar-refractivity contribution in [2.24, 2.45) is 5.14 Å². The largest absolute Gasteiger partial charge is 0.497 e. The predicted octanol–water partition coefficient (Wildman–Crippen LogP) is 2.01. The minimum atomic E-state index is -4.01. The van der Waals surface area contributed by atoms with E-state index < -0.39 is 28.4 Å². The Morgan fingerprint density at radius 1 is 1.04 bits per heavy atom. The predicted molar refractivity (Wildman–Crippen MR) is 101 cm³/mol. The van der Waals surface area contributed by atoms with Crippen LogP contribution in [0.15, 0.2) is 35.2 Å². The van der Waals surface area contributed by atoms with Gasteiger partial charge in [0.1, 0.15) is 11.5 Å². The highest BCUT2D eigenvalue weighted by Crippen LogP contribution is 2.25. The van der Waals surface area contributed by atoms with Gasteiger partial charge in [0.2, 0.25) is 15.8 Å². The lowest BCUT2D eigenvalue weighted by Crippen LogP contribution is -2.18. The standard InChI is InChI=1S/C19H21NO7S/c1-11-7-13(8-18(12(11)2)28(20,23)24)19(22)27-10-16(21)15-6-5-14(25-3)9-17(15)26-4/h5-9H,10H2,1-4H3,(H2,20,23,24). The molecule has 2 aromatic carbocycles. The molecule has 150 valence electrons. The summed E-state index contributed by atoms with van der Waals surface area (Å²) < 4.78 is 38.7. The summed E-state index contributed by atoms with van der Waals surface area (Å²) in [4.78, 5) is 24.5. The average Bonchev–Trinajstić information content (AvgIpc) is 2.66. The molecule has 0 fully saturated rings. The Labute approximate surface area is 163 Å². The minimum absolute atomic E-state index is 0.0124. The van der Waals surface area contributed by atoms with E-state index in [1.54, 1.807) is 19.9 Å². The lowest BCUT2D eigenvalue weighted by Gasteiger charge is -2.12. The lowest BCUT2D eigenvalue weighted by molar-refractivity contribution is 0.0473. The Kier molecular flexibility index (Phi) is 6.42. The summed E-state index contributed by atoms with van der Waals surface area (Å²) in [5.41, 5.74) is 1.21. The van der Waals surface area contributed by atoms with E-state index in [1.807, 2.05) is 0 Å². The number of rotatable bonds is 7. The zero-order chi connectivity index (χ0) is 21.1. The summed E-state index contributed by atoms with van der Waals surface area (Å²) in [5, 5.41) is 5.19. The first-order valence-corrected chi connectivity index (χ1v) is 9.69. The summed E-state index contributed by atoms with van der Waals surface area (Å²) >= 11 is 0. The number of hydrogen-bond donors (Lipinski definition) is 1. The second-order valence-corrected chi connectivity index (χ2v) is 7.56. The number of carbonyl (C=O) groups excluding carboxylic acids is 2. The molecule has 0 radical (unpaired) electrons. The molecule has 0 saturated carbocycles. The van der Waals surface area contributed by atoms with Gasteiger partial charge in [0.05, 0.1) is 30.2 Å². The van der Waals surface area contributed by atoms with Gasteiger partial charge in [-0.05, 0) is 49.2 Å². The quantitative estimate of drug-likeness (QED) is 0.550. The van der Waals surface area contributed by atoms with Crippen LogP contribution in [0, 0.1) is 13.8 Å². The summed E-state index contributed by atoms with van der Waals surface area (Å²) in [6.07, 6.45) is 0. The zero-order valence-electron chi connectivity index (χ0n) is 15.9. The third-order valence-electron chi connectivity index (χ3n) is 4.21. The fourth-order valence-electron chi connectivity index (χ4n) is 2.56. The van der Waals surface area contributed by atoms with Crippen LogP contribution in [0.5, 0.6) is 11.5 Å². The van der Waals surface area contributed by atoms with Crippen LogP contribution in [-0.4, -0.2) is 41.0 Å². The first-order valence-electron chi connectivity index (χ1n) is 8.15. The molecule has 9 heteroatoms. The van der Waals surface area contributed by atoms with Gasteiger partial charge in [-0.15, -0.1) is 0 Å². The number of carbonyl (C=O) groups is 2. The molecule has 8 nitrogen and oxygen atoms in total. The molecule has 0 unspecified atom stereocenters. The SMILES string of the molecule is COc1ccc(C(=O)COC(=O)c2cc(C)c(C)c(S(N)(=O)=O)c2)c(OC)c1. The van der Waals surface area contributed by atoms with Gasteiger partial charge in [0.25, 0.3) is 0 Å². The van der Waals surface area contributed by atoms with Crippen LogP contribution in [0.25, 0.3) is 0 Å². The molecule has 0 saturated heterocycles. The third-order valence-corrected chi connectivity index (χ3v) is 5.24. The molecule has 2 rings (SSSR count). The monoisotopic (exact) mass is 407 g/mol. The van der Waals surface area contributed by atoms with Crippen molar-refractivity contribution in [3.63, 3.8) is 0 Å². The topological polar surface area (TPSA) is 122 Å². The van der Waals surface area contributed by atoms with Crippen molar-refractivity contribution in [1.29, 1.82) is 0 Å². The molecule has 28 heavy (non-hydrogen) atoms. The van der Waals surface area contributed by atoms with E-state index in [1.165, 1.54) is 32.4 Å². The maximum absolute atomic E-state index is 12.4. The number of hydrogen-bond acceptors (Lipinski definition) is 7. The van der Waals surface area contributed by atoms with Crippen LogP contribution >= 0.6 is 0 Å². The van der Waals surface area contributed by atoms with E-state index in [9.17, 15) is 18.0 Å². The summed E-state index contributed by atoms with van der Waals surface area (Å²) in [6.45, 7) is 2.69. The van der Waals surface area contributed by atoms with Gasteiger partial charge in [0.15, 0.2) is 6.61 Å². The minimum Gasteiger partial charge on any atom is -0.497 e. The molecular weight excluding hydrogens is 386 g/mol. The summed E-state index contributed by atoms with van der Waals surface area (Å²) in [7, 11) is -1.12. The number of esters is 1. The number of methoxy groups -OCH3 is 2. The Morgan fingerprint density at radius 3 is 2.29 bits per heavy atom. The Morgan fingerprint density at radius 2 is 1.71 bits per heavy atom. The molecular formula is C19H21NO7S. The summed E-state index contributed by atoms with van der Waals surface area (Å²) in [6, 6.07) is 7.24. The molecule has 0 bridgehead atoms. The van der Waals surface area contributed by atoms with Crippen molar-refractivity contribution in [2.45, 2.75) is 18.7 Å². The Bertz CT molecular complexity index is 1030. The van der Waals surface area contributed by atoms with Gasteiger partial charge < -0.3 is 14.2 Å². The van der Waals surface area contributed by atoms with Crippen molar-refractivity contribution >= 4 is 21.8 Å². The van der Waals surface area contributed by atoms with E-state index >= 15 is 0 Å². The maximum Gasteiger partial charge on any atom is 0.338 e. The smallest absolute Gasteiger partial charge is 0.338 e. The number of ketones is 1. The highest BCUT2D eigenvalue weighted by atomic mass is 32.2. The second-order valence-electron chi connectivity index (χ2n) is 6.03. The van der Waals surface area contributed by atoms with Gasteiger partial charge >= 0.3 is 5.97 Å². The van der Waals surface area contributed by atoms with Crippen LogP contribution in [0.3, 0.4) is 0 Å². The van der Waals surface area contributed by atoms with Crippen LogP contribution in [0.2, 0.25) is 0 Å². The molecule has 2 aromatic rings. The van der Waals surface area contributed by atoms with Crippen LogP contribution in [-0.2, 0) is 14.8 Å². The van der Waals surface area contributed by atoms with Gasteiger partial charge in [-0.1, -0.05) is 0 Å². The number of ether oxygens (including phenoxy) is 3. The van der Waals surface area contributed by atoms with Crippen LogP contribution < -0.4 is 14.6 Å². The normalized spacial score (nSPS) is 11.0. The fraction of sp³-hybridized carbons (Fsp3) is 0.263.